The van der Waals surface area contributed by atoms with Crippen LogP contribution in [0.15, 0.2) is 36.4 Å². The Hall–Kier alpha value is -2.56. The molecular weight excluding hydrogens is 244 g/mol. The Kier molecular flexibility index (Phi) is 2.41. The Morgan fingerprint density at radius 2 is 1.68 bits per heavy atom. The zero-order chi connectivity index (χ0) is 13.6. The van der Waals surface area contributed by atoms with Crippen LogP contribution in [0, 0.1) is 6.92 Å². The summed E-state index contributed by atoms with van der Waals surface area (Å²) in [5, 5.41) is 20.5. The van der Waals surface area contributed by atoms with Gasteiger partial charge in [-0.15, -0.1) is 0 Å². The van der Waals surface area contributed by atoms with E-state index in [0.717, 1.165) is 4.73 Å². The first-order valence-corrected chi connectivity index (χ1v) is 5.90. The smallest absolute Gasteiger partial charge is 0.375 e. The van der Waals surface area contributed by atoms with Crippen LogP contribution >= 0.6 is 0 Å². The Balaban J connectivity index is 2.66. The van der Waals surface area contributed by atoms with Crippen LogP contribution in [0.25, 0.3) is 22.1 Å². The summed E-state index contributed by atoms with van der Waals surface area (Å²) in [6.07, 6.45) is 0. The number of aryl methyl sites for hydroxylation is 1. The highest BCUT2D eigenvalue weighted by Gasteiger charge is 2.32. The molecule has 0 aliphatic rings. The number of rotatable bonds is 1. The van der Waals surface area contributed by atoms with Crippen LogP contribution in [0.1, 0.15) is 5.56 Å². The Labute approximate surface area is 109 Å². The summed E-state index contributed by atoms with van der Waals surface area (Å²) in [6, 6.07) is 10.8. The average Bonchev–Trinajstić information content (AvgIpc) is 2.44. The fourth-order valence-corrected chi connectivity index (χ4v) is 2.30. The number of fused-ring (bicyclic) bond motifs is 2. The van der Waals surface area contributed by atoms with E-state index in [1.165, 1.54) is 11.8 Å². The first-order valence-electron chi connectivity index (χ1n) is 5.90. The lowest BCUT2D eigenvalue weighted by molar-refractivity contribution is -0.886. The zero-order valence-corrected chi connectivity index (χ0v) is 10.7. The molecule has 5 nitrogen and oxygen atoms in total. The van der Waals surface area contributed by atoms with Crippen LogP contribution in [0.2, 0.25) is 0 Å². The molecular formula is C14H14N2O3+2. The Bertz CT molecular complexity index is 800. The molecule has 0 saturated carbocycles. The topological polar surface area (TPSA) is 57.5 Å². The first kappa shape index (κ1) is 11.5. The van der Waals surface area contributed by atoms with Crippen molar-refractivity contribution in [1.82, 2.24) is 0 Å². The molecule has 0 saturated heterocycles. The van der Waals surface area contributed by atoms with Crippen molar-refractivity contribution in [3.63, 3.8) is 0 Å². The predicted molar refractivity (Wildman–Crippen MR) is 67.9 cm³/mol. The summed E-state index contributed by atoms with van der Waals surface area (Å²) in [5.41, 5.74) is 2.89. The number of phenols is 1. The van der Waals surface area contributed by atoms with Crippen LogP contribution in [-0.4, -0.2) is 17.4 Å². The normalized spacial score (nSPS) is 11.1. The number of nitrogens with zero attached hydrogens (tertiary/aromatic N) is 2. The maximum Gasteiger partial charge on any atom is 0.375 e. The van der Waals surface area contributed by atoms with Gasteiger partial charge < -0.3 is 5.11 Å². The third-order valence-corrected chi connectivity index (χ3v) is 3.27. The summed E-state index contributed by atoms with van der Waals surface area (Å²) in [7, 11) is 1.52. The van der Waals surface area contributed by atoms with Gasteiger partial charge in [0.1, 0.15) is 7.11 Å². The van der Waals surface area contributed by atoms with E-state index >= 15 is 0 Å². The van der Waals surface area contributed by atoms with Gasteiger partial charge in [-0.25, -0.2) is 0 Å². The van der Waals surface area contributed by atoms with Crippen molar-refractivity contribution in [1.29, 1.82) is 0 Å². The number of hydrogen-bond donors (Lipinski definition) is 2. The maximum absolute atomic E-state index is 10.3. The van der Waals surface area contributed by atoms with Crippen molar-refractivity contribution >= 4 is 22.1 Å². The third-order valence-electron chi connectivity index (χ3n) is 3.27. The molecule has 2 N–H and O–H groups in total. The number of hydrogen-bond acceptors (Lipinski definition) is 3. The van der Waals surface area contributed by atoms with Gasteiger partial charge in [0, 0.05) is 27.7 Å². The van der Waals surface area contributed by atoms with Gasteiger partial charge in [-0.1, -0.05) is 12.1 Å². The molecule has 19 heavy (non-hydrogen) atoms. The molecule has 0 unspecified atom stereocenters. The number of aromatic nitrogens is 2. The second kappa shape index (κ2) is 3.98. The quantitative estimate of drug-likeness (QED) is 0.387. The minimum absolute atomic E-state index is 0.0907. The highest BCUT2D eigenvalue weighted by Crippen LogP contribution is 2.24. The third kappa shape index (κ3) is 1.48. The second-order valence-corrected chi connectivity index (χ2v) is 4.38. The van der Waals surface area contributed by atoms with Crippen molar-refractivity contribution in [2.75, 3.05) is 7.11 Å². The van der Waals surface area contributed by atoms with Crippen molar-refractivity contribution < 1.29 is 24.6 Å². The summed E-state index contributed by atoms with van der Waals surface area (Å²) in [6.45, 7) is 1.80. The summed E-state index contributed by atoms with van der Waals surface area (Å²) >= 11 is 0. The van der Waals surface area contributed by atoms with Crippen LogP contribution in [-0.2, 0) is 0 Å². The Morgan fingerprint density at radius 3 is 2.37 bits per heavy atom. The molecule has 0 radical (unpaired) electrons. The highest BCUT2D eigenvalue weighted by atomic mass is 16.6. The van der Waals surface area contributed by atoms with Gasteiger partial charge in [-0.05, 0) is 18.6 Å². The minimum atomic E-state index is 0.0907. The van der Waals surface area contributed by atoms with Crippen LogP contribution < -0.4 is 14.3 Å². The fourth-order valence-electron chi connectivity index (χ4n) is 2.30. The van der Waals surface area contributed by atoms with E-state index in [9.17, 15) is 10.3 Å². The lowest BCUT2D eigenvalue weighted by atomic mass is 10.1. The predicted octanol–water partition coefficient (Wildman–Crippen LogP) is 0.878. The molecule has 0 amide bonds. The average molecular weight is 258 g/mol. The number of para-hydroxylation sites is 2. The molecule has 0 aliphatic heterocycles. The molecule has 0 fully saturated rings. The SMILES string of the molecule is CO[n+]1c2ccccc2[n+](O)c2ccc(C)c(O)c21. The standard InChI is InChI=1S/C14H13N2O3/c1-9-7-8-12-13(14(9)17)16(19-2)11-6-4-3-5-10(11)15(12)18/h3-8,18H,1-2H3/q+1/p+1. The number of benzene rings is 2. The van der Waals surface area contributed by atoms with Crippen molar-refractivity contribution in [3.8, 4) is 5.75 Å². The van der Waals surface area contributed by atoms with E-state index in [1.807, 2.05) is 18.2 Å². The van der Waals surface area contributed by atoms with Crippen LogP contribution in [0.3, 0.4) is 0 Å². The first-order chi connectivity index (χ1) is 9.15. The Morgan fingerprint density at radius 1 is 1.00 bits per heavy atom. The molecule has 3 rings (SSSR count). The molecule has 3 aromatic rings. The van der Waals surface area contributed by atoms with Crippen LogP contribution in [0.5, 0.6) is 5.75 Å². The lowest BCUT2D eigenvalue weighted by Gasteiger charge is -2.02. The van der Waals surface area contributed by atoms with Gasteiger partial charge in [-0.2, -0.15) is 0 Å². The fraction of sp³-hybridized carbons (Fsp3) is 0.143. The van der Waals surface area contributed by atoms with Crippen molar-refractivity contribution in [2.24, 2.45) is 0 Å². The largest absolute Gasteiger partial charge is 0.502 e. The highest BCUT2D eigenvalue weighted by molar-refractivity contribution is 5.81. The molecule has 0 spiro atoms. The second-order valence-electron chi connectivity index (χ2n) is 4.38. The molecule has 5 heteroatoms. The number of aromatic hydroxyl groups is 1. The van der Waals surface area contributed by atoms with Gasteiger partial charge in [0.2, 0.25) is 5.75 Å². The van der Waals surface area contributed by atoms with Gasteiger partial charge >= 0.3 is 22.1 Å². The van der Waals surface area contributed by atoms with Gasteiger partial charge in [0.05, 0.1) is 0 Å². The zero-order valence-electron chi connectivity index (χ0n) is 10.7. The summed E-state index contributed by atoms with van der Waals surface area (Å²) in [4.78, 5) is 5.36. The molecule has 0 aliphatic carbocycles. The van der Waals surface area contributed by atoms with E-state index < -0.39 is 0 Å². The van der Waals surface area contributed by atoms with E-state index in [4.69, 9.17) is 4.84 Å². The molecule has 1 heterocycles. The molecule has 2 aromatic carbocycles. The number of phenolic OH excluding ortho intramolecular Hbond substituents is 1. The molecule has 0 bridgehead atoms. The molecule has 1 aromatic heterocycles. The monoisotopic (exact) mass is 258 g/mol. The lowest BCUT2D eigenvalue weighted by Crippen LogP contribution is -2.48. The summed E-state index contributed by atoms with van der Waals surface area (Å²) in [5.74, 6) is 0.0907. The van der Waals surface area contributed by atoms with Gasteiger partial charge in [-0.3, -0.25) is 10.0 Å². The maximum atomic E-state index is 10.3. The molecule has 0 atom stereocenters. The minimum Gasteiger partial charge on any atom is -0.502 e. The van der Waals surface area contributed by atoms with E-state index in [-0.39, 0.29) is 5.75 Å². The van der Waals surface area contributed by atoms with Gasteiger partial charge in [0.25, 0.3) is 0 Å². The summed E-state index contributed by atoms with van der Waals surface area (Å²) < 4.78 is 2.57. The van der Waals surface area contributed by atoms with Crippen LogP contribution in [0.4, 0.5) is 0 Å². The van der Waals surface area contributed by atoms with Gasteiger partial charge in [0.15, 0.2) is 0 Å². The van der Waals surface area contributed by atoms with E-state index in [0.29, 0.717) is 27.6 Å². The van der Waals surface area contributed by atoms with Crippen molar-refractivity contribution in [3.05, 3.63) is 42.0 Å². The van der Waals surface area contributed by atoms with E-state index in [2.05, 4.69) is 0 Å². The molecule has 96 valence electrons. The van der Waals surface area contributed by atoms with Crippen molar-refractivity contribution in [2.45, 2.75) is 6.92 Å². The van der Waals surface area contributed by atoms with E-state index in [1.54, 1.807) is 25.1 Å².